The number of carbonyl (C=O) groups is 2. The minimum absolute atomic E-state index is 0.0694. The van der Waals surface area contributed by atoms with Gasteiger partial charge in [-0.3, -0.25) is 13.9 Å². The molecule has 0 saturated carbocycles. The Bertz CT molecular complexity index is 1760. The second kappa shape index (κ2) is 16.3. The quantitative estimate of drug-likeness (QED) is 0.150. The van der Waals surface area contributed by atoms with Crippen LogP contribution in [0, 0.1) is 20.8 Å². The average molecular weight is 656 g/mol. The largest absolute Gasteiger partial charge is 0.497 e. The van der Waals surface area contributed by atoms with Gasteiger partial charge in [0.1, 0.15) is 18.3 Å². The molecule has 0 aromatic heterocycles. The number of unbranched alkanes of at least 4 members (excludes halogenated alkanes) is 1. The zero-order valence-corrected chi connectivity index (χ0v) is 28.7. The van der Waals surface area contributed by atoms with Crippen LogP contribution in [0.5, 0.6) is 5.75 Å². The van der Waals surface area contributed by atoms with Crippen molar-refractivity contribution in [3.63, 3.8) is 0 Å². The second-order valence-corrected chi connectivity index (χ2v) is 13.7. The number of aryl methyl sites for hydroxylation is 3. The highest BCUT2D eigenvalue weighted by molar-refractivity contribution is 7.92. The van der Waals surface area contributed by atoms with Crippen molar-refractivity contribution >= 4 is 27.5 Å². The number of hydrogen-bond donors (Lipinski definition) is 1. The maximum atomic E-state index is 14.7. The minimum Gasteiger partial charge on any atom is -0.497 e. The molecule has 0 spiro atoms. The Kier molecular flexibility index (Phi) is 12.2. The molecule has 4 aromatic rings. The number of benzene rings is 4. The van der Waals surface area contributed by atoms with E-state index < -0.39 is 28.5 Å². The van der Waals surface area contributed by atoms with Gasteiger partial charge in [-0.15, -0.1) is 0 Å². The monoisotopic (exact) mass is 655 g/mol. The van der Waals surface area contributed by atoms with Crippen LogP contribution in [0.25, 0.3) is 0 Å². The number of anilines is 1. The molecule has 1 atom stereocenters. The fraction of sp³-hybridized carbons (Fsp3) is 0.316. The van der Waals surface area contributed by atoms with E-state index >= 15 is 0 Å². The van der Waals surface area contributed by atoms with Crippen LogP contribution < -0.4 is 14.4 Å². The summed E-state index contributed by atoms with van der Waals surface area (Å²) in [5.41, 5.74) is 4.51. The third-order valence-corrected chi connectivity index (χ3v) is 9.88. The molecule has 0 aliphatic heterocycles. The van der Waals surface area contributed by atoms with Crippen molar-refractivity contribution in [1.29, 1.82) is 0 Å². The lowest BCUT2D eigenvalue weighted by Crippen LogP contribution is -2.53. The minimum atomic E-state index is -4.18. The van der Waals surface area contributed by atoms with E-state index in [1.54, 1.807) is 37.4 Å². The van der Waals surface area contributed by atoms with Crippen LogP contribution in [0.2, 0.25) is 0 Å². The Morgan fingerprint density at radius 3 is 2.19 bits per heavy atom. The van der Waals surface area contributed by atoms with Gasteiger partial charge in [0.05, 0.1) is 17.7 Å². The summed E-state index contributed by atoms with van der Waals surface area (Å²) in [5, 5.41) is 3.02. The normalized spacial score (nSPS) is 11.9. The molecular weight excluding hydrogens is 611 g/mol. The summed E-state index contributed by atoms with van der Waals surface area (Å²) in [6.45, 7) is 7.67. The summed E-state index contributed by atoms with van der Waals surface area (Å²) in [6.07, 6.45) is 1.95. The van der Waals surface area contributed by atoms with Crippen LogP contribution in [0.15, 0.2) is 102 Å². The van der Waals surface area contributed by atoms with Crippen molar-refractivity contribution in [2.75, 3.05) is 24.5 Å². The van der Waals surface area contributed by atoms with Crippen molar-refractivity contribution in [2.24, 2.45) is 0 Å². The van der Waals surface area contributed by atoms with Gasteiger partial charge in [0.15, 0.2) is 0 Å². The molecule has 1 N–H and O–H groups in total. The van der Waals surface area contributed by atoms with Gasteiger partial charge >= 0.3 is 0 Å². The van der Waals surface area contributed by atoms with E-state index in [0.717, 1.165) is 35.1 Å². The molecule has 0 saturated heterocycles. The first-order valence-corrected chi connectivity index (χ1v) is 17.4. The van der Waals surface area contributed by atoms with E-state index in [0.29, 0.717) is 23.5 Å². The first-order valence-electron chi connectivity index (χ1n) is 15.9. The summed E-state index contributed by atoms with van der Waals surface area (Å²) in [5.74, 6) is -0.185. The molecule has 47 heavy (non-hydrogen) atoms. The van der Waals surface area contributed by atoms with Crippen LogP contribution in [0.3, 0.4) is 0 Å². The number of sulfonamides is 1. The number of hydrogen-bond acceptors (Lipinski definition) is 5. The number of ether oxygens (including phenoxy) is 1. The Morgan fingerprint density at radius 2 is 1.51 bits per heavy atom. The number of carbonyl (C=O) groups excluding carboxylic acids is 2. The number of methoxy groups -OCH3 is 1. The van der Waals surface area contributed by atoms with Gasteiger partial charge in [-0.2, -0.15) is 0 Å². The lowest BCUT2D eigenvalue weighted by molar-refractivity contribution is -0.140. The molecule has 0 fully saturated rings. The zero-order chi connectivity index (χ0) is 34.0. The molecule has 0 aliphatic rings. The number of nitrogens with one attached hydrogen (secondary N) is 1. The van der Waals surface area contributed by atoms with E-state index in [4.69, 9.17) is 4.74 Å². The van der Waals surface area contributed by atoms with Crippen molar-refractivity contribution in [2.45, 2.75) is 64.4 Å². The molecular formula is C38H45N3O5S. The zero-order valence-electron chi connectivity index (χ0n) is 27.9. The first-order chi connectivity index (χ1) is 22.5. The Balaban J connectivity index is 1.83. The molecule has 0 radical (unpaired) electrons. The highest BCUT2D eigenvalue weighted by Crippen LogP contribution is 2.29. The van der Waals surface area contributed by atoms with Gasteiger partial charge in [-0.25, -0.2) is 8.42 Å². The van der Waals surface area contributed by atoms with Gasteiger partial charge in [0.25, 0.3) is 10.0 Å². The standard InChI is InChI=1S/C38H45N3O5S/c1-6-7-22-39-38(43)36(25-31-12-9-8-10-13-31)40(26-32-14-11-15-33(24-32)46-5)37(42)27-41(35-23-29(3)16-19-30(35)4)47(44,45)34-20-17-28(2)18-21-34/h8-21,23-24,36H,6-7,22,25-27H2,1-5H3,(H,39,43)/t36-/m0/s1. The van der Waals surface area contributed by atoms with Gasteiger partial charge in [0.2, 0.25) is 11.8 Å². The van der Waals surface area contributed by atoms with E-state index in [-0.39, 0.29) is 23.8 Å². The fourth-order valence-electron chi connectivity index (χ4n) is 5.37. The first kappa shape index (κ1) is 35.2. The molecule has 9 heteroatoms. The summed E-state index contributed by atoms with van der Waals surface area (Å²) >= 11 is 0. The van der Waals surface area contributed by atoms with Crippen LogP contribution >= 0.6 is 0 Å². The Hall–Kier alpha value is -4.63. The third-order valence-electron chi connectivity index (χ3n) is 8.11. The molecule has 2 amide bonds. The van der Waals surface area contributed by atoms with E-state index in [9.17, 15) is 18.0 Å². The lowest BCUT2D eigenvalue weighted by Gasteiger charge is -2.34. The van der Waals surface area contributed by atoms with Crippen LogP contribution in [0.4, 0.5) is 5.69 Å². The average Bonchev–Trinajstić information content (AvgIpc) is 3.07. The Morgan fingerprint density at radius 1 is 0.830 bits per heavy atom. The van der Waals surface area contributed by atoms with E-state index in [1.165, 1.54) is 9.21 Å². The van der Waals surface area contributed by atoms with Crippen LogP contribution in [0.1, 0.15) is 47.6 Å². The lowest BCUT2D eigenvalue weighted by atomic mass is 10.0. The molecule has 248 valence electrons. The second-order valence-electron chi connectivity index (χ2n) is 11.8. The molecule has 0 heterocycles. The van der Waals surface area contributed by atoms with Crippen molar-refractivity contribution in [1.82, 2.24) is 10.2 Å². The van der Waals surface area contributed by atoms with Crippen molar-refractivity contribution in [3.05, 3.63) is 125 Å². The van der Waals surface area contributed by atoms with Gasteiger partial charge in [0, 0.05) is 19.5 Å². The Labute approximate surface area is 279 Å². The summed E-state index contributed by atoms with van der Waals surface area (Å²) in [6, 6.07) is 28.1. The number of nitrogens with zero attached hydrogens (tertiary/aromatic N) is 2. The maximum Gasteiger partial charge on any atom is 0.264 e. The molecule has 4 aromatic carbocycles. The van der Waals surface area contributed by atoms with E-state index in [2.05, 4.69) is 5.32 Å². The topological polar surface area (TPSA) is 96.0 Å². The van der Waals surface area contributed by atoms with Crippen LogP contribution in [-0.4, -0.2) is 51.4 Å². The highest BCUT2D eigenvalue weighted by atomic mass is 32.2. The van der Waals surface area contributed by atoms with Gasteiger partial charge < -0.3 is 15.0 Å². The predicted octanol–water partition coefficient (Wildman–Crippen LogP) is 6.37. The smallest absolute Gasteiger partial charge is 0.264 e. The SMILES string of the molecule is CCCCNC(=O)[C@H](Cc1ccccc1)N(Cc1cccc(OC)c1)C(=O)CN(c1cc(C)ccc1C)S(=O)(=O)c1ccc(C)cc1. The molecule has 4 rings (SSSR count). The molecule has 0 bridgehead atoms. The van der Waals surface area contributed by atoms with Crippen LogP contribution in [-0.2, 0) is 32.6 Å². The van der Waals surface area contributed by atoms with Gasteiger partial charge in [-0.1, -0.05) is 85.6 Å². The summed E-state index contributed by atoms with van der Waals surface area (Å²) in [4.78, 5) is 30.2. The van der Waals surface area contributed by atoms with Crippen molar-refractivity contribution in [3.8, 4) is 5.75 Å². The van der Waals surface area contributed by atoms with E-state index in [1.807, 2.05) is 94.4 Å². The highest BCUT2D eigenvalue weighted by Gasteiger charge is 2.35. The molecule has 0 aliphatic carbocycles. The summed E-state index contributed by atoms with van der Waals surface area (Å²) < 4.78 is 35.3. The third kappa shape index (κ3) is 9.23. The van der Waals surface area contributed by atoms with Gasteiger partial charge in [-0.05, 0) is 79.8 Å². The number of rotatable bonds is 15. The predicted molar refractivity (Wildman–Crippen MR) is 187 cm³/mol. The molecule has 8 nitrogen and oxygen atoms in total. The molecule has 0 unspecified atom stereocenters. The number of amides is 2. The van der Waals surface area contributed by atoms with Crippen molar-refractivity contribution < 1.29 is 22.7 Å². The maximum absolute atomic E-state index is 14.7. The fourth-order valence-corrected chi connectivity index (χ4v) is 6.84. The summed E-state index contributed by atoms with van der Waals surface area (Å²) in [7, 11) is -2.61.